The number of halogens is 1. The lowest BCUT2D eigenvalue weighted by Gasteiger charge is -2.35. The van der Waals surface area contributed by atoms with Crippen LogP contribution < -0.4 is 4.90 Å². The highest BCUT2D eigenvalue weighted by Crippen LogP contribution is 2.30. The number of anilines is 1. The van der Waals surface area contributed by atoms with Gasteiger partial charge in [0.1, 0.15) is 0 Å². The van der Waals surface area contributed by atoms with E-state index >= 15 is 0 Å². The van der Waals surface area contributed by atoms with Gasteiger partial charge in [0.2, 0.25) is 0 Å². The van der Waals surface area contributed by atoms with E-state index in [1.807, 2.05) is 0 Å². The lowest BCUT2D eigenvalue weighted by Crippen LogP contribution is -2.42. The molecule has 1 aliphatic heterocycles. The molecule has 1 fully saturated rings. The Morgan fingerprint density at radius 3 is 2.76 bits per heavy atom. The topological polar surface area (TPSA) is 49.8 Å². The van der Waals surface area contributed by atoms with Crippen LogP contribution in [0.2, 0.25) is 0 Å². The molecule has 0 aromatic heterocycles. The smallest absolute Gasteiger partial charge is 0.303 e. The molecule has 34 heavy (non-hydrogen) atoms. The van der Waals surface area contributed by atoms with Crippen LogP contribution in [0, 0.1) is 6.92 Å². The van der Waals surface area contributed by atoms with Crippen molar-refractivity contribution in [3.63, 3.8) is 0 Å². The molecular formula is C29H36ClNO3. The predicted octanol–water partition coefficient (Wildman–Crippen LogP) is 6.77. The van der Waals surface area contributed by atoms with Gasteiger partial charge >= 0.3 is 5.97 Å². The highest BCUT2D eigenvalue weighted by atomic mass is 35.5. The molecule has 182 valence electrons. The third-order valence-electron chi connectivity index (χ3n) is 6.96. The monoisotopic (exact) mass is 481 g/mol. The number of rotatable bonds is 9. The van der Waals surface area contributed by atoms with Crippen molar-refractivity contribution in [3.8, 4) is 0 Å². The van der Waals surface area contributed by atoms with Gasteiger partial charge in [-0.25, -0.2) is 0 Å². The summed E-state index contributed by atoms with van der Waals surface area (Å²) in [6, 6.07) is 21.7. The lowest BCUT2D eigenvalue weighted by atomic mass is 9.90. The fourth-order valence-electron chi connectivity index (χ4n) is 4.98. The maximum atomic E-state index is 11.0. The first-order valence-electron chi connectivity index (χ1n) is 12.2. The van der Waals surface area contributed by atoms with Gasteiger partial charge in [-0.15, -0.1) is 12.4 Å². The summed E-state index contributed by atoms with van der Waals surface area (Å²) in [4.78, 5) is 13.4. The number of carbonyl (C=O) groups is 1. The second-order valence-electron chi connectivity index (χ2n) is 9.34. The Labute approximate surface area is 209 Å². The molecule has 1 heterocycles. The Hall–Kier alpha value is -2.56. The number of morpholine rings is 1. The average Bonchev–Trinajstić information content (AvgIpc) is 2.83. The van der Waals surface area contributed by atoms with Gasteiger partial charge in [0.15, 0.2) is 0 Å². The van der Waals surface area contributed by atoms with Crippen LogP contribution in [0.5, 0.6) is 0 Å². The minimum Gasteiger partial charge on any atom is -0.481 e. The molecule has 0 amide bonds. The fourth-order valence-corrected chi connectivity index (χ4v) is 4.98. The van der Waals surface area contributed by atoms with E-state index in [4.69, 9.17) is 9.84 Å². The highest BCUT2D eigenvalue weighted by molar-refractivity contribution is 5.86. The van der Waals surface area contributed by atoms with Crippen molar-refractivity contribution in [3.05, 3.63) is 77.4 Å². The number of aliphatic carboxylic acids is 1. The summed E-state index contributed by atoms with van der Waals surface area (Å²) < 4.78 is 6.10. The van der Waals surface area contributed by atoms with Crippen LogP contribution in [0.15, 0.2) is 60.7 Å². The standard InChI is InChI=1S/C29H35NO3.ClH/c1-21-13-15-25(19-24(21)14-16-29(31)32)30-17-18-33-26(20-30)10-5-7-22(2)27-12-6-9-23-8-3-4-11-28(23)27;/h3-4,6,8-9,11-13,15,19,22,26H,5,7,10,14,16-18,20H2,1-2H3,(H,31,32);1H/t22-,26?;/m0./s1. The molecule has 2 atom stereocenters. The molecule has 0 radical (unpaired) electrons. The Morgan fingerprint density at radius 1 is 1.15 bits per heavy atom. The molecule has 0 bridgehead atoms. The number of benzene rings is 3. The molecule has 5 heteroatoms. The van der Waals surface area contributed by atoms with Crippen LogP contribution >= 0.6 is 12.4 Å². The van der Waals surface area contributed by atoms with Crippen LogP contribution in [0.4, 0.5) is 5.69 Å². The number of carboxylic acid groups (broad SMARTS) is 1. The van der Waals surface area contributed by atoms with Gasteiger partial charge in [-0.1, -0.05) is 61.9 Å². The van der Waals surface area contributed by atoms with Crippen LogP contribution in [-0.4, -0.2) is 36.9 Å². The number of nitrogens with zero attached hydrogens (tertiary/aromatic N) is 1. The Kier molecular flexibility index (Phi) is 9.37. The van der Waals surface area contributed by atoms with E-state index in [-0.39, 0.29) is 24.9 Å². The van der Waals surface area contributed by atoms with E-state index in [0.717, 1.165) is 50.1 Å². The number of hydrogen-bond acceptors (Lipinski definition) is 3. The van der Waals surface area contributed by atoms with Gasteiger partial charge in [-0.3, -0.25) is 4.79 Å². The van der Waals surface area contributed by atoms with E-state index in [1.54, 1.807) is 0 Å². The molecule has 3 aromatic carbocycles. The number of fused-ring (bicyclic) bond motifs is 1. The summed E-state index contributed by atoms with van der Waals surface area (Å²) in [5.74, 6) is -0.228. The summed E-state index contributed by atoms with van der Waals surface area (Å²) >= 11 is 0. The molecule has 1 saturated heterocycles. The first-order valence-corrected chi connectivity index (χ1v) is 12.2. The van der Waals surface area contributed by atoms with Gasteiger partial charge in [0.25, 0.3) is 0 Å². The van der Waals surface area contributed by atoms with Gasteiger partial charge < -0.3 is 14.7 Å². The van der Waals surface area contributed by atoms with Gasteiger partial charge in [0.05, 0.1) is 12.7 Å². The first kappa shape index (κ1) is 26.1. The minimum absolute atomic E-state index is 0. The van der Waals surface area contributed by atoms with E-state index in [2.05, 4.69) is 79.4 Å². The summed E-state index contributed by atoms with van der Waals surface area (Å²) in [6.45, 7) is 6.90. The molecule has 0 aliphatic carbocycles. The van der Waals surface area contributed by atoms with E-state index in [1.165, 1.54) is 22.0 Å². The molecule has 1 unspecified atom stereocenters. The van der Waals surface area contributed by atoms with Crippen molar-refractivity contribution in [2.75, 3.05) is 24.6 Å². The predicted molar refractivity (Wildman–Crippen MR) is 143 cm³/mol. The normalized spacial score (nSPS) is 16.8. The number of carboxylic acids is 1. The number of ether oxygens (including phenoxy) is 1. The number of hydrogen-bond donors (Lipinski definition) is 1. The second kappa shape index (κ2) is 12.2. The van der Waals surface area contributed by atoms with Crippen molar-refractivity contribution in [2.24, 2.45) is 0 Å². The highest BCUT2D eigenvalue weighted by Gasteiger charge is 2.21. The maximum absolute atomic E-state index is 11.0. The molecule has 1 N–H and O–H groups in total. The lowest BCUT2D eigenvalue weighted by molar-refractivity contribution is -0.136. The van der Waals surface area contributed by atoms with Gasteiger partial charge in [-0.05, 0) is 71.7 Å². The quantitative estimate of drug-likeness (QED) is 0.366. The molecule has 4 nitrogen and oxygen atoms in total. The van der Waals surface area contributed by atoms with Crippen molar-refractivity contribution >= 4 is 34.8 Å². The zero-order valence-corrected chi connectivity index (χ0v) is 21.0. The van der Waals surface area contributed by atoms with Crippen LogP contribution in [0.25, 0.3) is 10.8 Å². The van der Waals surface area contributed by atoms with Crippen molar-refractivity contribution in [1.29, 1.82) is 0 Å². The van der Waals surface area contributed by atoms with Crippen LogP contribution in [0.1, 0.15) is 55.2 Å². The Balaban J connectivity index is 0.00000324. The van der Waals surface area contributed by atoms with Crippen molar-refractivity contribution in [2.45, 2.75) is 58.0 Å². The number of aryl methyl sites for hydroxylation is 2. The summed E-state index contributed by atoms with van der Waals surface area (Å²) in [5.41, 5.74) is 4.90. The zero-order chi connectivity index (χ0) is 23.2. The molecule has 1 aliphatic rings. The second-order valence-corrected chi connectivity index (χ2v) is 9.34. The minimum atomic E-state index is -0.746. The molecule has 4 rings (SSSR count). The van der Waals surface area contributed by atoms with Crippen LogP contribution in [-0.2, 0) is 16.0 Å². The molecular weight excluding hydrogens is 446 g/mol. The maximum Gasteiger partial charge on any atom is 0.303 e. The Bertz CT molecular complexity index is 1090. The largest absolute Gasteiger partial charge is 0.481 e. The molecule has 0 saturated carbocycles. The van der Waals surface area contributed by atoms with Crippen molar-refractivity contribution in [1.82, 2.24) is 0 Å². The van der Waals surface area contributed by atoms with Crippen LogP contribution in [0.3, 0.4) is 0 Å². The third-order valence-corrected chi connectivity index (χ3v) is 6.96. The molecule has 3 aromatic rings. The third kappa shape index (κ3) is 6.52. The zero-order valence-electron chi connectivity index (χ0n) is 20.2. The van der Waals surface area contributed by atoms with Gasteiger partial charge in [-0.2, -0.15) is 0 Å². The Morgan fingerprint density at radius 2 is 1.94 bits per heavy atom. The molecule has 0 spiro atoms. The summed E-state index contributed by atoms with van der Waals surface area (Å²) in [7, 11) is 0. The van der Waals surface area contributed by atoms with Gasteiger partial charge in [0, 0.05) is 25.2 Å². The average molecular weight is 482 g/mol. The van der Waals surface area contributed by atoms with Crippen molar-refractivity contribution < 1.29 is 14.6 Å². The van der Waals surface area contributed by atoms with E-state index in [0.29, 0.717) is 12.3 Å². The summed E-state index contributed by atoms with van der Waals surface area (Å²) in [5, 5.41) is 11.7. The van der Waals surface area contributed by atoms with E-state index in [9.17, 15) is 4.79 Å². The SMILES string of the molecule is Cc1ccc(N2CCOC(CCC[C@H](C)c3cccc4ccccc34)C2)cc1CCC(=O)O.Cl. The first-order chi connectivity index (χ1) is 16.0. The van der Waals surface area contributed by atoms with E-state index < -0.39 is 5.97 Å². The fraction of sp³-hybridized carbons (Fsp3) is 0.414. The summed E-state index contributed by atoms with van der Waals surface area (Å²) in [6.07, 6.45) is 4.34.